The molecule has 1 heterocycles. The van der Waals surface area contributed by atoms with Crippen LogP contribution >= 0.6 is 0 Å². The SMILES string of the molecule is Cc1ccccc1C1CN(C(=O)CC(C)C)CCO1. The van der Waals surface area contributed by atoms with Gasteiger partial charge in [-0.3, -0.25) is 4.79 Å². The summed E-state index contributed by atoms with van der Waals surface area (Å²) in [5.41, 5.74) is 2.43. The van der Waals surface area contributed by atoms with Crippen molar-refractivity contribution >= 4 is 5.91 Å². The molecule has 0 spiro atoms. The Balaban J connectivity index is 2.05. The number of amides is 1. The highest BCUT2D eigenvalue weighted by atomic mass is 16.5. The monoisotopic (exact) mass is 261 g/mol. The fourth-order valence-corrected chi connectivity index (χ4v) is 2.49. The average molecular weight is 261 g/mol. The van der Waals surface area contributed by atoms with Gasteiger partial charge >= 0.3 is 0 Å². The molecule has 2 rings (SSSR count). The van der Waals surface area contributed by atoms with Crippen LogP contribution in [0, 0.1) is 12.8 Å². The summed E-state index contributed by atoms with van der Waals surface area (Å²) in [5, 5.41) is 0. The van der Waals surface area contributed by atoms with E-state index in [0.29, 0.717) is 32.0 Å². The summed E-state index contributed by atoms with van der Waals surface area (Å²) >= 11 is 0. The topological polar surface area (TPSA) is 29.5 Å². The van der Waals surface area contributed by atoms with Crippen molar-refractivity contribution in [2.24, 2.45) is 5.92 Å². The van der Waals surface area contributed by atoms with Crippen molar-refractivity contribution in [2.75, 3.05) is 19.7 Å². The number of rotatable bonds is 3. The Labute approximate surface area is 115 Å². The molecule has 1 amide bonds. The van der Waals surface area contributed by atoms with Crippen LogP contribution in [-0.2, 0) is 9.53 Å². The summed E-state index contributed by atoms with van der Waals surface area (Å²) < 4.78 is 5.84. The molecule has 1 aliphatic heterocycles. The largest absolute Gasteiger partial charge is 0.370 e. The lowest BCUT2D eigenvalue weighted by molar-refractivity contribution is -0.139. The Hall–Kier alpha value is -1.35. The van der Waals surface area contributed by atoms with Crippen LogP contribution in [0.4, 0.5) is 0 Å². The molecule has 1 saturated heterocycles. The lowest BCUT2D eigenvalue weighted by Gasteiger charge is -2.34. The molecule has 3 nitrogen and oxygen atoms in total. The number of nitrogens with zero attached hydrogens (tertiary/aromatic N) is 1. The minimum atomic E-state index is 0.0195. The summed E-state index contributed by atoms with van der Waals surface area (Å²) in [5.74, 6) is 0.657. The van der Waals surface area contributed by atoms with Gasteiger partial charge in [-0.25, -0.2) is 0 Å². The molecule has 1 unspecified atom stereocenters. The van der Waals surface area contributed by atoms with Crippen molar-refractivity contribution < 1.29 is 9.53 Å². The predicted molar refractivity (Wildman–Crippen MR) is 75.9 cm³/mol. The first-order valence-corrected chi connectivity index (χ1v) is 7.03. The van der Waals surface area contributed by atoms with E-state index in [0.717, 1.165) is 0 Å². The van der Waals surface area contributed by atoms with Gasteiger partial charge in [0.25, 0.3) is 0 Å². The van der Waals surface area contributed by atoms with E-state index in [1.165, 1.54) is 11.1 Å². The van der Waals surface area contributed by atoms with E-state index in [1.807, 2.05) is 17.0 Å². The molecule has 1 fully saturated rings. The van der Waals surface area contributed by atoms with E-state index in [1.54, 1.807) is 0 Å². The van der Waals surface area contributed by atoms with Gasteiger partial charge in [-0.05, 0) is 24.0 Å². The van der Waals surface area contributed by atoms with Crippen LogP contribution in [0.5, 0.6) is 0 Å². The van der Waals surface area contributed by atoms with Crippen LogP contribution in [0.1, 0.15) is 37.5 Å². The Morgan fingerprint density at radius 1 is 1.42 bits per heavy atom. The molecule has 0 bridgehead atoms. The molecule has 1 aromatic rings. The Morgan fingerprint density at radius 2 is 2.16 bits per heavy atom. The molecule has 1 aliphatic rings. The van der Waals surface area contributed by atoms with Gasteiger partial charge in [0, 0.05) is 13.0 Å². The highest BCUT2D eigenvalue weighted by Gasteiger charge is 2.26. The second-order valence-corrected chi connectivity index (χ2v) is 5.65. The summed E-state index contributed by atoms with van der Waals surface area (Å²) in [4.78, 5) is 14.1. The first-order chi connectivity index (χ1) is 9.08. The number of ether oxygens (including phenoxy) is 1. The first-order valence-electron chi connectivity index (χ1n) is 7.03. The van der Waals surface area contributed by atoms with Crippen molar-refractivity contribution in [1.82, 2.24) is 4.90 Å². The van der Waals surface area contributed by atoms with Crippen LogP contribution in [0.15, 0.2) is 24.3 Å². The maximum atomic E-state index is 12.1. The maximum Gasteiger partial charge on any atom is 0.223 e. The molecule has 19 heavy (non-hydrogen) atoms. The van der Waals surface area contributed by atoms with Gasteiger partial charge in [-0.15, -0.1) is 0 Å². The predicted octanol–water partition coefficient (Wildman–Crippen LogP) is 2.94. The number of carbonyl (C=O) groups is 1. The third-order valence-corrected chi connectivity index (χ3v) is 3.54. The van der Waals surface area contributed by atoms with Crippen molar-refractivity contribution in [3.8, 4) is 0 Å². The fraction of sp³-hybridized carbons (Fsp3) is 0.562. The number of hydrogen-bond donors (Lipinski definition) is 0. The van der Waals surface area contributed by atoms with Crippen molar-refractivity contribution in [2.45, 2.75) is 33.3 Å². The van der Waals surface area contributed by atoms with Gasteiger partial charge in [0.2, 0.25) is 5.91 Å². The standard InChI is InChI=1S/C16H23NO2/c1-12(2)10-16(18)17-8-9-19-15(11-17)14-7-5-4-6-13(14)3/h4-7,12,15H,8-11H2,1-3H3. The minimum absolute atomic E-state index is 0.0195. The van der Waals surface area contributed by atoms with E-state index in [2.05, 4.69) is 32.9 Å². The maximum absolute atomic E-state index is 12.1. The summed E-state index contributed by atoms with van der Waals surface area (Å²) in [6.45, 7) is 8.27. The van der Waals surface area contributed by atoms with Gasteiger partial charge in [-0.1, -0.05) is 38.1 Å². The molecule has 0 radical (unpaired) electrons. The minimum Gasteiger partial charge on any atom is -0.370 e. The molecule has 104 valence electrons. The first kappa shape index (κ1) is 14.1. The zero-order valence-corrected chi connectivity index (χ0v) is 12.1. The van der Waals surface area contributed by atoms with E-state index in [4.69, 9.17) is 4.74 Å². The number of morpholine rings is 1. The van der Waals surface area contributed by atoms with Crippen molar-refractivity contribution in [3.63, 3.8) is 0 Å². The Morgan fingerprint density at radius 3 is 2.84 bits per heavy atom. The van der Waals surface area contributed by atoms with Gasteiger partial charge in [0.15, 0.2) is 0 Å². The van der Waals surface area contributed by atoms with Crippen LogP contribution in [0.3, 0.4) is 0 Å². The molecule has 1 aromatic carbocycles. The smallest absolute Gasteiger partial charge is 0.223 e. The quantitative estimate of drug-likeness (QED) is 0.837. The molecule has 1 atom stereocenters. The zero-order chi connectivity index (χ0) is 13.8. The molecule has 3 heteroatoms. The molecule has 0 N–H and O–H groups in total. The van der Waals surface area contributed by atoms with Gasteiger partial charge in [-0.2, -0.15) is 0 Å². The fourth-order valence-electron chi connectivity index (χ4n) is 2.49. The molecular formula is C16H23NO2. The van der Waals surface area contributed by atoms with E-state index >= 15 is 0 Å². The highest BCUT2D eigenvalue weighted by Crippen LogP contribution is 2.25. The second-order valence-electron chi connectivity index (χ2n) is 5.65. The normalized spacial score (nSPS) is 19.8. The summed E-state index contributed by atoms with van der Waals surface area (Å²) in [6.07, 6.45) is 0.645. The van der Waals surface area contributed by atoms with Gasteiger partial charge < -0.3 is 9.64 Å². The third kappa shape index (κ3) is 3.57. The van der Waals surface area contributed by atoms with Crippen LogP contribution in [0.2, 0.25) is 0 Å². The molecule has 0 aliphatic carbocycles. The number of carbonyl (C=O) groups excluding carboxylic acids is 1. The van der Waals surface area contributed by atoms with Crippen molar-refractivity contribution in [1.29, 1.82) is 0 Å². The van der Waals surface area contributed by atoms with Gasteiger partial charge in [0.1, 0.15) is 6.10 Å². The zero-order valence-electron chi connectivity index (χ0n) is 12.1. The Bertz CT molecular complexity index is 442. The van der Waals surface area contributed by atoms with E-state index in [9.17, 15) is 4.79 Å². The van der Waals surface area contributed by atoms with Crippen LogP contribution in [-0.4, -0.2) is 30.5 Å². The average Bonchev–Trinajstić information content (AvgIpc) is 2.38. The van der Waals surface area contributed by atoms with Crippen LogP contribution < -0.4 is 0 Å². The Kier molecular flexibility index (Phi) is 4.59. The molecule has 0 saturated carbocycles. The van der Waals surface area contributed by atoms with Crippen LogP contribution in [0.25, 0.3) is 0 Å². The number of aryl methyl sites for hydroxylation is 1. The highest BCUT2D eigenvalue weighted by molar-refractivity contribution is 5.76. The third-order valence-electron chi connectivity index (χ3n) is 3.54. The number of benzene rings is 1. The lowest BCUT2D eigenvalue weighted by atomic mass is 10.0. The number of hydrogen-bond acceptors (Lipinski definition) is 2. The summed E-state index contributed by atoms with van der Waals surface area (Å²) in [6, 6.07) is 8.24. The van der Waals surface area contributed by atoms with Gasteiger partial charge in [0.05, 0.1) is 13.2 Å². The second kappa shape index (κ2) is 6.20. The molecular weight excluding hydrogens is 238 g/mol. The lowest BCUT2D eigenvalue weighted by Crippen LogP contribution is -2.42. The van der Waals surface area contributed by atoms with E-state index < -0.39 is 0 Å². The van der Waals surface area contributed by atoms with Crippen molar-refractivity contribution in [3.05, 3.63) is 35.4 Å². The van der Waals surface area contributed by atoms with E-state index in [-0.39, 0.29) is 12.0 Å². The molecule has 0 aromatic heterocycles. The summed E-state index contributed by atoms with van der Waals surface area (Å²) in [7, 11) is 0.